The molecule has 12 nitrogen and oxygen atoms in total. The predicted octanol–water partition coefficient (Wildman–Crippen LogP) is 4.52. The van der Waals surface area contributed by atoms with Crippen LogP contribution in [0.15, 0.2) is 49.2 Å². The Morgan fingerprint density at radius 2 is 1.51 bits per heavy atom. The van der Waals surface area contributed by atoms with Crippen LogP contribution in [0.25, 0.3) is 10.9 Å². The molecule has 15 heteroatoms. The van der Waals surface area contributed by atoms with E-state index < -0.39 is 14.8 Å². The van der Waals surface area contributed by atoms with E-state index in [1.807, 2.05) is 24.4 Å². The first-order chi connectivity index (χ1) is 18.1. The molecule has 0 radical (unpaired) electrons. The molecule has 0 atom stereocenters. The number of nitrogens with one attached hydrogen (secondary N) is 4. The van der Waals surface area contributed by atoms with E-state index in [1.54, 1.807) is 24.8 Å². The Morgan fingerprint density at radius 3 is 2.16 bits per heavy atom. The summed E-state index contributed by atoms with van der Waals surface area (Å²) in [5.41, 5.74) is 3.32. The van der Waals surface area contributed by atoms with E-state index >= 15 is 0 Å². The van der Waals surface area contributed by atoms with Crippen molar-refractivity contribution in [2.45, 2.75) is 6.42 Å². The van der Waals surface area contributed by atoms with Gasteiger partial charge in [0.25, 0.3) is 0 Å². The molecule has 0 aromatic carbocycles. The Hall–Kier alpha value is -4.40. The van der Waals surface area contributed by atoms with Crippen molar-refractivity contribution < 1.29 is 22.5 Å². The van der Waals surface area contributed by atoms with E-state index in [4.69, 9.17) is 18.2 Å². The molecule has 0 amide bonds. The number of pyridine rings is 2. The van der Waals surface area contributed by atoms with Gasteiger partial charge in [0.15, 0.2) is 10.3 Å². The molecular weight excluding hydrogens is 555 g/mol. The third kappa shape index (κ3) is 6.43. The van der Waals surface area contributed by atoms with Crippen LogP contribution in [0.2, 0.25) is 0 Å². The van der Waals surface area contributed by atoms with Crippen LogP contribution in [-0.4, -0.2) is 31.5 Å². The Kier molecular flexibility index (Phi) is 8.70. The number of hydrogen-bond donors (Lipinski definition) is 4. The molecule has 0 saturated heterocycles. The van der Waals surface area contributed by atoms with E-state index in [0.717, 1.165) is 41.2 Å². The van der Waals surface area contributed by atoms with E-state index in [2.05, 4.69) is 53.0 Å². The fourth-order valence-electron chi connectivity index (χ4n) is 3.39. The van der Waals surface area contributed by atoms with Gasteiger partial charge in [0.2, 0.25) is 0 Å². The van der Waals surface area contributed by atoms with Gasteiger partial charge in [-0.2, -0.15) is 10.5 Å². The van der Waals surface area contributed by atoms with Crippen molar-refractivity contribution >= 4 is 61.2 Å². The van der Waals surface area contributed by atoms with Gasteiger partial charge in [0.05, 0.1) is 17.9 Å². The molecular formula is C22H16MnN10O2S2. The molecule has 0 bridgehead atoms. The van der Waals surface area contributed by atoms with Crippen molar-refractivity contribution in [1.82, 2.24) is 24.9 Å². The summed E-state index contributed by atoms with van der Waals surface area (Å²) in [4.78, 5) is 21.1. The summed E-state index contributed by atoms with van der Waals surface area (Å²) in [6.07, 6.45) is 9.42. The van der Waals surface area contributed by atoms with Gasteiger partial charge >= 0.3 is 22.5 Å². The quantitative estimate of drug-likeness (QED) is 0.222. The minimum absolute atomic E-state index is 0.578. The zero-order valence-corrected chi connectivity index (χ0v) is 21.5. The average Bonchev–Trinajstić information content (AvgIpc) is 3.72. The fourth-order valence-corrected chi connectivity index (χ4v) is 4.62. The monoisotopic (exact) mass is 571 g/mol. The van der Waals surface area contributed by atoms with Crippen molar-refractivity contribution in [1.29, 1.82) is 10.5 Å². The summed E-state index contributed by atoms with van der Waals surface area (Å²) >= 11 is 1.20. The van der Waals surface area contributed by atoms with Crippen LogP contribution in [0, 0.1) is 22.7 Å². The first kappa shape index (κ1) is 25.7. The number of nitriles is 2. The molecule has 6 rings (SSSR count). The van der Waals surface area contributed by atoms with Crippen molar-refractivity contribution in [2.75, 3.05) is 22.5 Å². The van der Waals surface area contributed by atoms with E-state index in [9.17, 15) is 0 Å². The van der Waals surface area contributed by atoms with E-state index in [1.165, 1.54) is 28.2 Å². The number of nitrogens with zero attached hydrogens (tertiary/aromatic N) is 6. The Labute approximate surface area is 224 Å². The van der Waals surface area contributed by atoms with Gasteiger partial charge in [-0.05, 0) is 24.6 Å². The summed E-state index contributed by atoms with van der Waals surface area (Å²) < 4.78 is 16.8. The fraction of sp³-hybridized carbons (Fsp3) is 0.0909. The van der Waals surface area contributed by atoms with Crippen molar-refractivity contribution in [3.8, 4) is 12.1 Å². The Bertz CT molecular complexity index is 1640. The Morgan fingerprint density at radius 1 is 0.892 bits per heavy atom. The standard InChI is InChI=1S/C11H9N5S.C11H7N5S.Mn.2O/c2*12-5-7-6-15-11(17-7)16-10-8-1-3-13-9(8)2-4-14-10;;;/h2,4,6,13H,1,3H2,(H,14,15,16);1-4,6,13H,(H,14,15,16);;;. The van der Waals surface area contributed by atoms with Crippen LogP contribution in [0.5, 0.6) is 0 Å². The van der Waals surface area contributed by atoms with E-state index in [-0.39, 0.29) is 0 Å². The van der Waals surface area contributed by atoms with Gasteiger partial charge in [-0.15, -0.1) is 0 Å². The third-order valence-corrected chi connectivity index (χ3v) is 6.54. The second kappa shape index (κ2) is 12.5. The van der Waals surface area contributed by atoms with Gasteiger partial charge < -0.3 is 20.9 Å². The second-order valence-corrected chi connectivity index (χ2v) is 9.31. The maximum absolute atomic E-state index is 8.74. The predicted molar refractivity (Wildman–Crippen MR) is 134 cm³/mol. The van der Waals surface area contributed by atoms with Gasteiger partial charge in [0.1, 0.15) is 33.5 Å². The summed E-state index contributed by atoms with van der Waals surface area (Å²) in [6.45, 7) is 0.941. The molecule has 4 N–H and O–H groups in total. The summed E-state index contributed by atoms with van der Waals surface area (Å²) in [5, 5.41) is 29.4. The summed E-state index contributed by atoms with van der Waals surface area (Å²) in [6, 6.07) is 9.95. The van der Waals surface area contributed by atoms with E-state index in [0.29, 0.717) is 20.0 Å². The number of aromatic nitrogens is 5. The van der Waals surface area contributed by atoms with Crippen LogP contribution in [0.3, 0.4) is 0 Å². The SMILES string of the molecule is N#Cc1cnc(Nc2nccc3[nH]ccc23)s1.N#Cc1cnc(Nc2nccc3c2CCN3)s1.[O]=[Mn]=[O]. The number of fused-ring (bicyclic) bond motifs is 2. The number of H-pyrrole nitrogens is 1. The molecule has 185 valence electrons. The number of anilines is 5. The molecule has 0 saturated carbocycles. The van der Waals surface area contributed by atoms with Crippen LogP contribution < -0.4 is 16.0 Å². The van der Waals surface area contributed by atoms with Gasteiger partial charge in [-0.25, -0.2) is 19.9 Å². The van der Waals surface area contributed by atoms with Crippen LogP contribution >= 0.6 is 22.7 Å². The number of thiazole rings is 2. The van der Waals surface area contributed by atoms with Crippen molar-refractivity contribution in [2.24, 2.45) is 0 Å². The summed E-state index contributed by atoms with van der Waals surface area (Å²) in [7, 11) is 0. The number of hydrogen-bond acceptors (Lipinski definition) is 13. The first-order valence-corrected chi connectivity index (χ1v) is 13.0. The number of rotatable bonds is 4. The zero-order chi connectivity index (χ0) is 26.0. The topological polar surface area (TPSA) is 185 Å². The molecule has 0 unspecified atom stereocenters. The zero-order valence-electron chi connectivity index (χ0n) is 18.7. The van der Waals surface area contributed by atoms with Crippen LogP contribution in [0.4, 0.5) is 27.6 Å². The molecule has 37 heavy (non-hydrogen) atoms. The molecule has 6 heterocycles. The minimum atomic E-state index is -1.44. The molecule has 0 fully saturated rings. The average molecular weight is 572 g/mol. The van der Waals surface area contributed by atoms with Crippen LogP contribution in [-0.2, 0) is 28.9 Å². The second-order valence-electron chi connectivity index (χ2n) is 7.06. The Balaban J connectivity index is 0.000000157. The van der Waals surface area contributed by atoms with Gasteiger partial charge in [0, 0.05) is 41.8 Å². The molecule has 0 spiro atoms. The summed E-state index contributed by atoms with van der Waals surface area (Å²) in [5.74, 6) is 1.56. The van der Waals surface area contributed by atoms with Crippen LogP contribution in [0.1, 0.15) is 15.3 Å². The third-order valence-electron chi connectivity index (χ3n) is 4.91. The normalized spacial score (nSPS) is 10.9. The maximum atomic E-state index is 8.74. The van der Waals surface area contributed by atoms with Gasteiger partial charge in [-0.3, -0.25) is 0 Å². The van der Waals surface area contributed by atoms with Crippen molar-refractivity contribution in [3.05, 3.63) is 64.5 Å². The molecule has 1 aliphatic heterocycles. The molecule has 0 aliphatic carbocycles. The van der Waals surface area contributed by atoms with Gasteiger partial charge in [-0.1, -0.05) is 22.7 Å². The molecule has 5 aromatic rings. The molecule has 1 aliphatic rings. The molecule has 5 aromatic heterocycles. The first-order valence-electron chi connectivity index (χ1n) is 10.4. The number of aromatic amines is 1. The van der Waals surface area contributed by atoms with Crippen molar-refractivity contribution in [3.63, 3.8) is 0 Å².